The molecule has 156 valence electrons. The van der Waals surface area contributed by atoms with E-state index < -0.39 is 6.03 Å². The summed E-state index contributed by atoms with van der Waals surface area (Å²) in [4.78, 5) is 25.4. The molecule has 1 aliphatic heterocycles. The maximum Gasteiger partial charge on any atom is 0.329 e. The third-order valence-electron chi connectivity index (χ3n) is 5.04. The van der Waals surface area contributed by atoms with Crippen LogP contribution in [0.2, 0.25) is 0 Å². The van der Waals surface area contributed by atoms with Crippen molar-refractivity contribution in [3.63, 3.8) is 0 Å². The van der Waals surface area contributed by atoms with Crippen molar-refractivity contribution in [3.05, 3.63) is 90.1 Å². The fraction of sp³-hybridized carbons (Fsp3) is 0.120. The first-order chi connectivity index (χ1) is 15.1. The molecule has 0 aliphatic carbocycles. The van der Waals surface area contributed by atoms with E-state index >= 15 is 0 Å². The van der Waals surface area contributed by atoms with Crippen LogP contribution >= 0.6 is 0 Å². The Morgan fingerprint density at radius 1 is 1.03 bits per heavy atom. The van der Waals surface area contributed by atoms with Crippen LogP contribution in [-0.2, 0) is 11.4 Å². The topological polar surface area (TPSA) is 67.9 Å². The zero-order valence-electron chi connectivity index (χ0n) is 17.1. The second-order valence-electron chi connectivity index (χ2n) is 7.03. The molecule has 0 spiro atoms. The zero-order valence-corrected chi connectivity index (χ0v) is 17.1. The first-order valence-electron chi connectivity index (χ1n) is 9.83. The lowest BCUT2D eigenvalue weighted by Gasteiger charge is -2.13. The monoisotopic (exact) mass is 414 g/mol. The molecule has 31 heavy (non-hydrogen) atoms. The second kappa shape index (κ2) is 8.75. The van der Waals surface area contributed by atoms with Crippen LogP contribution in [0.1, 0.15) is 11.1 Å². The van der Waals surface area contributed by atoms with E-state index in [-0.39, 0.29) is 18.1 Å². The molecule has 1 fully saturated rings. The highest BCUT2D eigenvalue weighted by atomic mass is 16.5. The van der Waals surface area contributed by atoms with E-state index in [1.165, 1.54) is 6.08 Å². The Labute approximate surface area is 180 Å². The quantitative estimate of drug-likeness (QED) is 0.351. The number of imide groups is 1. The number of methoxy groups -OCH3 is 1. The van der Waals surface area contributed by atoms with Crippen LogP contribution in [0, 0.1) is 0 Å². The molecule has 1 N–H and O–H groups in total. The van der Waals surface area contributed by atoms with Crippen molar-refractivity contribution in [3.8, 4) is 11.5 Å². The summed E-state index contributed by atoms with van der Waals surface area (Å²) in [5.41, 5.74) is 1.99. The normalized spacial score (nSPS) is 14.7. The number of nitrogens with zero attached hydrogens (tertiary/aromatic N) is 1. The molecular formula is C25H22N2O4. The molecule has 3 aromatic rings. The minimum atomic E-state index is -0.460. The molecular weight excluding hydrogens is 392 g/mol. The van der Waals surface area contributed by atoms with Crippen molar-refractivity contribution in [1.82, 2.24) is 10.2 Å². The van der Waals surface area contributed by atoms with Gasteiger partial charge < -0.3 is 14.8 Å². The summed E-state index contributed by atoms with van der Waals surface area (Å²) in [5.74, 6) is 0.738. The lowest BCUT2D eigenvalue weighted by atomic mass is 10.1. The largest absolute Gasteiger partial charge is 0.493 e. The number of carbonyl (C=O) groups excluding carboxylic acids is 2. The van der Waals surface area contributed by atoms with Crippen LogP contribution < -0.4 is 14.8 Å². The fourth-order valence-corrected chi connectivity index (χ4v) is 3.50. The van der Waals surface area contributed by atoms with Gasteiger partial charge in [0.25, 0.3) is 5.91 Å². The fourth-order valence-electron chi connectivity index (χ4n) is 3.50. The molecule has 6 nitrogen and oxygen atoms in total. The standard InChI is InChI=1S/C25H22N2O4/c1-3-13-27-24(28)21(26-25(27)29)14-17-11-12-22(23(15-17)30-2)31-16-19-9-6-8-18-7-4-5-10-20(18)19/h3-12,14-15H,1,13,16H2,2H3,(H,26,29)/b21-14+. The van der Waals surface area contributed by atoms with E-state index in [4.69, 9.17) is 9.47 Å². The Bertz CT molecular complexity index is 1190. The highest BCUT2D eigenvalue weighted by molar-refractivity contribution is 6.14. The predicted octanol–water partition coefficient (Wildman–Crippen LogP) is 4.51. The van der Waals surface area contributed by atoms with Crippen molar-refractivity contribution in [2.24, 2.45) is 0 Å². The number of rotatable bonds is 7. The van der Waals surface area contributed by atoms with Crippen LogP contribution in [0.5, 0.6) is 11.5 Å². The summed E-state index contributed by atoms with van der Waals surface area (Å²) < 4.78 is 11.5. The van der Waals surface area contributed by atoms with Gasteiger partial charge in [0.2, 0.25) is 0 Å². The molecule has 0 atom stereocenters. The summed E-state index contributed by atoms with van der Waals surface area (Å²) in [6, 6.07) is 19.2. The Morgan fingerprint density at radius 3 is 2.65 bits per heavy atom. The van der Waals surface area contributed by atoms with Gasteiger partial charge in [0.15, 0.2) is 11.5 Å². The maximum atomic E-state index is 12.4. The first kappa shape index (κ1) is 20.2. The SMILES string of the molecule is C=CCN1C(=O)N/C(=C/c2ccc(OCc3cccc4ccccc34)c(OC)c2)C1=O. The first-order valence-corrected chi connectivity index (χ1v) is 9.83. The van der Waals surface area contributed by atoms with Gasteiger partial charge in [-0.15, -0.1) is 6.58 Å². The number of fused-ring (bicyclic) bond motifs is 1. The van der Waals surface area contributed by atoms with Crippen LogP contribution in [0.3, 0.4) is 0 Å². The average molecular weight is 414 g/mol. The average Bonchev–Trinajstić information content (AvgIpc) is 3.05. The number of hydrogen-bond acceptors (Lipinski definition) is 4. The van der Waals surface area contributed by atoms with E-state index in [1.807, 2.05) is 30.3 Å². The number of carbonyl (C=O) groups is 2. The van der Waals surface area contributed by atoms with Gasteiger partial charge in [-0.25, -0.2) is 4.79 Å². The van der Waals surface area contributed by atoms with Gasteiger partial charge in [-0.1, -0.05) is 54.6 Å². The van der Waals surface area contributed by atoms with Crippen molar-refractivity contribution >= 4 is 28.8 Å². The summed E-state index contributed by atoms with van der Waals surface area (Å²) in [6.07, 6.45) is 3.12. The van der Waals surface area contributed by atoms with E-state index in [2.05, 4.69) is 30.1 Å². The third-order valence-corrected chi connectivity index (χ3v) is 5.04. The molecule has 0 aromatic heterocycles. The summed E-state index contributed by atoms with van der Waals surface area (Å²) in [6.45, 7) is 4.12. The van der Waals surface area contributed by atoms with Gasteiger partial charge >= 0.3 is 6.03 Å². The van der Waals surface area contributed by atoms with Crippen LogP contribution in [-0.4, -0.2) is 30.5 Å². The van der Waals surface area contributed by atoms with Gasteiger partial charge in [-0.2, -0.15) is 0 Å². The van der Waals surface area contributed by atoms with E-state index in [0.29, 0.717) is 23.7 Å². The zero-order chi connectivity index (χ0) is 21.8. The van der Waals surface area contributed by atoms with Crippen LogP contribution in [0.25, 0.3) is 16.8 Å². The minimum absolute atomic E-state index is 0.159. The number of urea groups is 1. The molecule has 1 saturated heterocycles. The predicted molar refractivity (Wildman–Crippen MR) is 120 cm³/mol. The Hall–Kier alpha value is -4.06. The van der Waals surface area contributed by atoms with Crippen LogP contribution in [0.15, 0.2) is 79.0 Å². The number of nitrogens with one attached hydrogen (secondary N) is 1. The highest BCUT2D eigenvalue weighted by Crippen LogP contribution is 2.31. The molecule has 0 unspecified atom stereocenters. The van der Waals surface area contributed by atoms with E-state index in [9.17, 15) is 9.59 Å². The molecule has 0 radical (unpaired) electrons. The van der Waals surface area contributed by atoms with Gasteiger partial charge in [0.1, 0.15) is 12.3 Å². The van der Waals surface area contributed by atoms with Gasteiger partial charge in [0.05, 0.1) is 7.11 Å². The van der Waals surface area contributed by atoms with Crippen LogP contribution in [0.4, 0.5) is 4.79 Å². The molecule has 0 saturated carbocycles. The van der Waals surface area contributed by atoms with Crippen molar-refractivity contribution < 1.29 is 19.1 Å². The summed E-state index contributed by atoms with van der Waals surface area (Å²) in [7, 11) is 1.56. The molecule has 1 heterocycles. The van der Waals surface area contributed by atoms with Gasteiger partial charge in [0, 0.05) is 6.54 Å². The molecule has 0 bridgehead atoms. The Balaban J connectivity index is 1.54. The summed E-state index contributed by atoms with van der Waals surface area (Å²) in [5, 5.41) is 4.88. The van der Waals surface area contributed by atoms with Crippen molar-refractivity contribution in [2.45, 2.75) is 6.61 Å². The molecule has 6 heteroatoms. The number of hydrogen-bond donors (Lipinski definition) is 1. The van der Waals surface area contributed by atoms with Gasteiger partial charge in [-0.3, -0.25) is 9.69 Å². The lowest BCUT2D eigenvalue weighted by Crippen LogP contribution is -2.30. The number of amides is 3. The Kier molecular flexibility index (Phi) is 5.71. The highest BCUT2D eigenvalue weighted by Gasteiger charge is 2.32. The van der Waals surface area contributed by atoms with Crippen molar-refractivity contribution in [1.29, 1.82) is 0 Å². The summed E-state index contributed by atoms with van der Waals surface area (Å²) >= 11 is 0. The Morgan fingerprint density at radius 2 is 1.84 bits per heavy atom. The van der Waals surface area contributed by atoms with E-state index in [1.54, 1.807) is 25.3 Å². The van der Waals surface area contributed by atoms with E-state index in [0.717, 1.165) is 21.2 Å². The second-order valence-corrected chi connectivity index (χ2v) is 7.03. The van der Waals surface area contributed by atoms with Crippen molar-refractivity contribution in [2.75, 3.05) is 13.7 Å². The number of benzene rings is 3. The number of ether oxygens (including phenoxy) is 2. The molecule has 1 aliphatic rings. The third kappa shape index (κ3) is 4.14. The maximum absolute atomic E-state index is 12.4. The molecule has 3 aromatic carbocycles. The smallest absolute Gasteiger partial charge is 0.329 e. The van der Waals surface area contributed by atoms with Gasteiger partial charge in [-0.05, 0) is 40.1 Å². The molecule has 3 amide bonds. The minimum Gasteiger partial charge on any atom is -0.493 e. The molecule has 4 rings (SSSR count). The lowest BCUT2D eigenvalue weighted by molar-refractivity contribution is -0.122.